The maximum atomic E-state index is 13.2. The minimum atomic E-state index is -0.197. The summed E-state index contributed by atoms with van der Waals surface area (Å²) >= 11 is 0. The molecule has 4 atom stereocenters. The molecule has 6 nitrogen and oxygen atoms in total. The smallest absolute Gasteiger partial charge is 0.310 e. The van der Waals surface area contributed by atoms with Crippen molar-refractivity contribution in [3.8, 4) is 0 Å². The summed E-state index contributed by atoms with van der Waals surface area (Å²) in [5, 5.41) is 10.5. The highest BCUT2D eigenvalue weighted by atomic mass is 16.5. The first-order valence-electron chi connectivity index (χ1n) is 12.5. The monoisotopic (exact) mass is 470 g/mol. The number of hydrogen-bond donors (Lipinski definition) is 1. The average Bonchev–Trinajstić information content (AvgIpc) is 3.22. The number of methoxy groups -OCH3 is 1. The molecule has 2 bridgehead atoms. The molecule has 5 rings (SSSR count). The number of hydrogen-bond acceptors (Lipinski definition) is 5. The number of carbonyl (C=O) groups is 1. The lowest BCUT2D eigenvalue weighted by molar-refractivity contribution is -0.154. The van der Waals surface area contributed by atoms with Gasteiger partial charge in [0.1, 0.15) is 0 Å². The molecule has 3 aromatic rings. The normalized spacial score (nSPS) is 26.0. The zero-order valence-corrected chi connectivity index (χ0v) is 21.0. The molecule has 1 saturated heterocycles. The van der Waals surface area contributed by atoms with E-state index in [1.54, 1.807) is 6.21 Å². The van der Waals surface area contributed by atoms with E-state index in [1.807, 2.05) is 18.2 Å². The molecular formula is C29H34N4O2. The van der Waals surface area contributed by atoms with Gasteiger partial charge in [0.25, 0.3) is 0 Å². The number of fused-ring (bicyclic) bond motifs is 5. The van der Waals surface area contributed by atoms with Gasteiger partial charge in [-0.1, -0.05) is 61.4 Å². The maximum absolute atomic E-state index is 13.2. The van der Waals surface area contributed by atoms with Crippen molar-refractivity contribution in [1.82, 2.24) is 9.88 Å². The van der Waals surface area contributed by atoms with Crippen LogP contribution in [0.4, 0.5) is 0 Å². The molecule has 35 heavy (non-hydrogen) atoms. The summed E-state index contributed by atoms with van der Waals surface area (Å²) in [6.45, 7) is 5.26. The Balaban J connectivity index is 1.64. The van der Waals surface area contributed by atoms with Crippen LogP contribution in [0.2, 0.25) is 0 Å². The second-order valence-corrected chi connectivity index (χ2v) is 10.0. The summed E-state index contributed by atoms with van der Waals surface area (Å²) in [5.74, 6) is 0.228. The van der Waals surface area contributed by atoms with Gasteiger partial charge in [-0.2, -0.15) is 10.2 Å². The van der Waals surface area contributed by atoms with Gasteiger partial charge in [0.05, 0.1) is 30.6 Å². The molecule has 1 N–H and O–H groups in total. The van der Waals surface area contributed by atoms with Crippen molar-refractivity contribution in [2.75, 3.05) is 20.7 Å². The molecule has 1 fully saturated rings. The minimum absolute atomic E-state index is 0.0887. The number of aromatic amines is 1. The summed E-state index contributed by atoms with van der Waals surface area (Å²) in [6, 6.07) is 16.7. The van der Waals surface area contributed by atoms with Crippen LogP contribution in [0, 0.1) is 24.7 Å². The zero-order valence-electron chi connectivity index (χ0n) is 21.0. The molecule has 0 spiro atoms. The standard InChI is InChI=1S/C29H34N4O2/c1-5-20-17-33(3)26-15-23-21-8-6-7-9-24(21)31-28(23)25(14-22(20)27(26)29(34)35-4)32-30-16-19-12-10-18(2)11-13-19/h6-13,16,20,22,26-27,31H,5,14-15,17H2,1-4H3/b30-16-,32-25+/t20-,22+,26-,27+/m0/s1. The van der Waals surface area contributed by atoms with Gasteiger partial charge in [-0.25, -0.2) is 0 Å². The third-order valence-corrected chi connectivity index (χ3v) is 7.97. The quantitative estimate of drug-likeness (QED) is 0.332. The Hall–Kier alpha value is -3.25. The first-order chi connectivity index (χ1) is 17.0. The van der Waals surface area contributed by atoms with E-state index < -0.39 is 0 Å². The van der Waals surface area contributed by atoms with Crippen LogP contribution >= 0.6 is 0 Å². The Morgan fingerprint density at radius 3 is 2.69 bits per heavy atom. The molecule has 1 aliphatic carbocycles. The lowest BCUT2D eigenvalue weighted by Gasteiger charge is -2.48. The van der Waals surface area contributed by atoms with E-state index in [0.717, 1.165) is 41.9 Å². The lowest BCUT2D eigenvalue weighted by atomic mass is 9.67. The van der Waals surface area contributed by atoms with Crippen LogP contribution < -0.4 is 0 Å². The molecule has 1 aliphatic heterocycles. The lowest BCUT2D eigenvalue weighted by Crippen LogP contribution is -2.56. The molecule has 2 heterocycles. The van der Waals surface area contributed by atoms with Crippen molar-refractivity contribution >= 4 is 28.8 Å². The van der Waals surface area contributed by atoms with Crippen LogP contribution in [0.25, 0.3) is 10.9 Å². The molecule has 2 aromatic carbocycles. The van der Waals surface area contributed by atoms with Crippen molar-refractivity contribution in [2.24, 2.45) is 28.0 Å². The fraction of sp³-hybridized carbons (Fsp3) is 0.414. The number of para-hydroxylation sites is 1. The third-order valence-electron chi connectivity index (χ3n) is 7.97. The number of likely N-dealkylation sites (N-methyl/N-ethyl adjacent to an activating group) is 1. The topological polar surface area (TPSA) is 70.0 Å². The van der Waals surface area contributed by atoms with Crippen LogP contribution in [0.5, 0.6) is 0 Å². The predicted molar refractivity (Wildman–Crippen MR) is 141 cm³/mol. The Labute approximate surface area is 207 Å². The molecule has 2 aliphatic rings. The van der Waals surface area contributed by atoms with Gasteiger partial charge < -0.3 is 14.6 Å². The highest BCUT2D eigenvalue weighted by molar-refractivity contribution is 6.06. The van der Waals surface area contributed by atoms with E-state index in [2.05, 4.69) is 66.2 Å². The van der Waals surface area contributed by atoms with Crippen molar-refractivity contribution in [3.63, 3.8) is 0 Å². The van der Waals surface area contributed by atoms with E-state index in [9.17, 15) is 4.79 Å². The van der Waals surface area contributed by atoms with Crippen molar-refractivity contribution in [3.05, 3.63) is 70.9 Å². The number of aromatic nitrogens is 1. The Kier molecular flexibility index (Phi) is 6.56. The van der Waals surface area contributed by atoms with Gasteiger partial charge in [-0.15, -0.1) is 0 Å². The number of H-pyrrole nitrogens is 1. The fourth-order valence-corrected chi connectivity index (χ4v) is 6.07. The summed E-state index contributed by atoms with van der Waals surface area (Å²) < 4.78 is 5.36. The molecule has 0 radical (unpaired) electrons. The van der Waals surface area contributed by atoms with Crippen molar-refractivity contribution in [2.45, 2.75) is 39.2 Å². The van der Waals surface area contributed by atoms with Crippen LogP contribution in [-0.4, -0.2) is 54.5 Å². The second-order valence-electron chi connectivity index (χ2n) is 10.0. The maximum Gasteiger partial charge on any atom is 0.310 e. The fourth-order valence-electron chi connectivity index (χ4n) is 6.07. The van der Waals surface area contributed by atoms with Crippen molar-refractivity contribution in [1.29, 1.82) is 0 Å². The molecular weight excluding hydrogens is 436 g/mol. The van der Waals surface area contributed by atoms with Gasteiger partial charge in [0.2, 0.25) is 0 Å². The Morgan fingerprint density at radius 1 is 1.17 bits per heavy atom. The number of piperidine rings is 1. The van der Waals surface area contributed by atoms with Gasteiger partial charge >= 0.3 is 5.97 Å². The van der Waals surface area contributed by atoms with Gasteiger partial charge in [-0.3, -0.25) is 4.79 Å². The number of nitrogens with zero attached hydrogens (tertiary/aromatic N) is 3. The van der Waals surface area contributed by atoms with E-state index in [4.69, 9.17) is 9.84 Å². The van der Waals surface area contributed by atoms with E-state index in [0.29, 0.717) is 12.3 Å². The summed E-state index contributed by atoms with van der Waals surface area (Å²) in [5.41, 5.74) is 6.50. The van der Waals surface area contributed by atoms with E-state index in [-0.39, 0.29) is 23.8 Å². The summed E-state index contributed by atoms with van der Waals surface area (Å²) in [4.78, 5) is 19.2. The molecule has 182 valence electrons. The van der Waals surface area contributed by atoms with Crippen LogP contribution in [0.1, 0.15) is 42.1 Å². The predicted octanol–water partition coefficient (Wildman–Crippen LogP) is 4.99. The van der Waals surface area contributed by atoms with Gasteiger partial charge in [0.15, 0.2) is 0 Å². The molecule has 0 unspecified atom stereocenters. The number of nitrogens with one attached hydrogen (secondary N) is 1. The highest BCUT2D eigenvalue weighted by Gasteiger charge is 2.48. The third kappa shape index (κ3) is 4.43. The molecule has 0 amide bonds. The van der Waals surface area contributed by atoms with Gasteiger partial charge in [0, 0.05) is 23.5 Å². The summed E-state index contributed by atoms with van der Waals surface area (Å²) in [7, 11) is 3.66. The van der Waals surface area contributed by atoms with E-state index in [1.165, 1.54) is 23.6 Å². The number of ether oxygens (including phenoxy) is 1. The van der Waals surface area contributed by atoms with Gasteiger partial charge in [-0.05, 0) is 55.8 Å². The minimum Gasteiger partial charge on any atom is -0.469 e. The largest absolute Gasteiger partial charge is 0.469 e. The van der Waals surface area contributed by atoms with Crippen LogP contribution in [0.3, 0.4) is 0 Å². The Morgan fingerprint density at radius 2 is 1.94 bits per heavy atom. The number of benzene rings is 2. The first kappa shape index (κ1) is 23.5. The second kappa shape index (κ2) is 9.78. The average molecular weight is 471 g/mol. The molecule has 1 aromatic heterocycles. The number of carbonyl (C=O) groups excluding carboxylic acids is 1. The number of aryl methyl sites for hydroxylation is 1. The van der Waals surface area contributed by atoms with Crippen molar-refractivity contribution < 1.29 is 9.53 Å². The highest BCUT2D eigenvalue weighted by Crippen LogP contribution is 2.42. The van der Waals surface area contributed by atoms with E-state index >= 15 is 0 Å². The zero-order chi connectivity index (χ0) is 24.5. The SMILES string of the molecule is CC[C@H]1CN(C)[C@H]2Cc3c([nH]c4ccccc34)/C(=N/N=C\c3ccc(C)cc3)C[C@H]1[C@H]2C(=O)OC. The number of esters is 1. The number of likely N-dealkylation sites (tertiary alicyclic amines) is 1. The van der Waals surface area contributed by atoms with Crippen LogP contribution in [-0.2, 0) is 16.0 Å². The summed E-state index contributed by atoms with van der Waals surface area (Å²) in [6.07, 6.45) is 4.27. The molecule has 0 saturated carbocycles. The Bertz CT molecular complexity index is 1270. The van der Waals surface area contributed by atoms with Crippen LogP contribution in [0.15, 0.2) is 58.7 Å². The molecule has 6 heteroatoms. The number of rotatable bonds is 4. The first-order valence-corrected chi connectivity index (χ1v) is 12.5.